The van der Waals surface area contributed by atoms with E-state index in [1.165, 1.54) is 23.3 Å². The van der Waals surface area contributed by atoms with Crippen molar-refractivity contribution in [2.24, 2.45) is 0 Å². The van der Waals surface area contributed by atoms with Crippen molar-refractivity contribution >= 4 is 11.6 Å². The first-order valence-electron chi connectivity index (χ1n) is 7.77. The van der Waals surface area contributed by atoms with Crippen LogP contribution in [0.4, 0.5) is 4.39 Å². The number of aliphatic hydroxyl groups is 1. The number of aryl methyl sites for hydroxylation is 3. The summed E-state index contributed by atoms with van der Waals surface area (Å²) in [5.41, 5.74) is 3.30. The predicted molar refractivity (Wildman–Crippen MR) is 93.5 cm³/mol. The molecule has 1 atom stereocenters. The molecule has 3 rings (SSSR count). The van der Waals surface area contributed by atoms with Crippen molar-refractivity contribution < 1.29 is 9.50 Å². The standard InChI is InChI=1S/C12H16ClNO.C7H7F/c1-9-2-3-10(11(13)6-9)4-5-12(8-15)7-14-12;1-6-3-2-4-7(8)5-6/h2-3,6,14-15H,4-5,7-8H2,1H3;2-5H,1H3. The Morgan fingerprint density at radius 2 is 1.87 bits per heavy atom. The Morgan fingerprint density at radius 3 is 2.35 bits per heavy atom. The summed E-state index contributed by atoms with van der Waals surface area (Å²) < 4.78 is 12.2. The number of halogens is 2. The predicted octanol–water partition coefficient (Wildman–Crippen LogP) is 4.05. The van der Waals surface area contributed by atoms with Gasteiger partial charge >= 0.3 is 0 Å². The third-order valence-electron chi connectivity index (χ3n) is 4.04. The van der Waals surface area contributed by atoms with Gasteiger partial charge in [-0.25, -0.2) is 4.39 Å². The Balaban J connectivity index is 0.000000203. The maximum absolute atomic E-state index is 12.2. The van der Waals surface area contributed by atoms with E-state index in [-0.39, 0.29) is 18.0 Å². The Kier molecular flexibility index (Phi) is 6.17. The number of benzene rings is 2. The van der Waals surface area contributed by atoms with Gasteiger partial charge in [-0.05, 0) is 61.6 Å². The van der Waals surface area contributed by atoms with Crippen molar-refractivity contribution in [2.75, 3.05) is 13.2 Å². The zero-order chi connectivity index (χ0) is 16.9. The lowest BCUT2D eigenvalue weighted by Gasteiger charge is -2.10. The fourth-order valence-corrected chi connectivity index (χ4v) is 2.66. The van der Waals surface area contributed by atoms with Gasteiger partial charge in [0.15, 0.2) is 0 Å². The lowest BCUT2D eigenvalue weighted by Crippen LogP contribution is -2.21. The van der Waals surface area contributed by atoms with Gasteiger partial charge in [0, 0.05) is 11.6 Å². The highest BCUT2D eigenvalue weighted by molar-refractivity contribution is 6.31. The lowest BCUT2D eigenvalue weighted by atomic mass is 9.99. The average Bonchev–Trinajstić information content (AvgIpc) is 3.27. The summed E-state index contributed by atoms with van der Waals surface area (Å²) in [5.74, 6) is -0.162. The van der Waals surface area contributed by atoms with Crippen molar-refractivity contribution in [1.29, 1.82) is 0 Å². The lowest BCUT2D eigenvalue weighted by molar-refractivity contribution is 0.244. The summed E-state index contributed by atoms with van der Waals surface area (Å²) in [6, 6.07) is 12.6. The molecule has 1 fully saturated rings. The molecule has 1 heterocycles. The van der Waals surface area contributed by atoms with Gasteiger partial charge in [0.25, 0.3) is 0 Å². The van der Waals surface area contributed by atoms with Gasteiger partial charge in [-0.3, -0.25) is 0 Å². The van der Waals surface area contributed by atoms with E-state index >= 15 is 0 Å². The van der Waals surface area contributed by atoms with E-state index < -0.39 is 0 Å². The van der Waals surface area contributed by atoms with Gasteiger partial charge in [0.05, 0.1) is 12.1 Å². The van der Waals surface area contributed by atoms with Crippen LogP contribution >= 0.6 is 11.6 Å². The minimum absolute atomic E-state index is 0.0196. The smallest absolute Gasteiger partial charge is 0.123 e. The van der Waals surface area contributed by atoms with Crippen LogP contribution in [0.15, 0.2) is 42.5 Å². The van der Waals surface area contributed by atoms with Crippen LogP contribution in [0.2, 0.25) is 5.02 Å². The van der Waals surface area contributed by atoms with E-state index in [0.29, 0.717) is 0 Å². The molecule has 0 aliphatic carbocycles. The van der Waals surface area contributed by atoms with Crippen LogP contribution in [-0.2, 0) is 6.42 Å². The quantitative estimate of drug-likeness (QED) is 0.828. The number of nitrogens with one attached hydrogen (secondary N) is 1. The fourth-order valence-electron chi connectivity index (χ4n) is 2.33. The molecule has 0 amide bonds. The SMILES string of the molecule is Cc1ccc(CCC2(CO)CN2)c(Cl)c1.Cc1cccc(F)c1. The molecule has 124 valence electrons. The van der Waals surface area contributed by atoms with E-state index in [1.54, 1.807) is 6.07 Å². The van der Waals surface area contributed by atoms with Gasteiger partial charge in [-0.2, -0.15) is 0 Å². The highest BCUT2D eigenvalue weighted by atomic mass is 35.5. The summed E-state index contributed by atoms with van der Waals surface area (Å²) in [4.78, 5) is 0. The largest absolute Gasteiger partial charge is 0.394 e. The summed E-state index contributed by atoms with van der Waals surface area (Å²) in [5, 5.41) is 13.2. The van der Waals surface area contributed by atoms with E-state index in [4.69, 9.17) is 16.7 Å². The van der Waals surface area contributed by atoms with Crippen molar-refractivity contribution in [3.8, 4) is 0 Å². The van der Waals surface area contributed by atoms with Crippen molar-refractivity contribution in [1.82, 2.24) is 5.32 Å². The van der Waals surface area contributed by atoms with E-state index in [9.17, 15) is 4.39 Å². The number of aliphatic hydroxyl groups excluding tert-OH is 1. The van der Waals surface area contributed by atoms with Crippen LogP contribution in [0.1, 0.15) is 23.1 Å². The molecule has 1 aliphatic heterocycles. The van der Waals surface area contributed by atoms with E-state index in [2.05, 4.69) is 17.4 Å². The van der Waals surface area contributed by atoms with Crippen LogP contribution in [0.25, 0.3) is 0 Å². The first-order chi connectivity index (χ1) is 10.9. The van der Waals surface area contributed by atoms with E-state index in [0.717, 1.165) is 30.0 Å². The summed E-state index contributed by atoms with van der Waals surface area (Å²) >= 11 is 6.14. The second-order valence-corrected chi connectivity index (χ2v) is 6.59. The molecule has 1 unspecified atom stereocenters. The summed E-state index contributed by atoms with van der Waals surface area (Å²) in [6.07, 6.45) is 1.87. The minimum atomic E-state index is -0.162. The highest BCUT2D eigenvalue weighted by Gasteiger charge is 2.40. The Bertz CT molecular complexity index is 638. The average molecular weight is 336 g/mol. The maximum atomic E-state index is 12.2. The van der Waals surface area contributed by atoms with Crippen LogP contribution in [0.3, 0.4) is 0 Å². The zero-order valence-corrected chi connectivity index (χ0v) is 14.3. The van der Waals surface area contributed by atoms with E-state index in [1.807, 2.05) is 26.0 Å². The first kappa shape index (κ1) is 17.9. The second-order valence-electron chi connectivity index (χ2n) is 6.19. The van der Waals surface area contributed by atoms with Crippen molar-refractivity contribution in [3.63, 3.8) is 0 Å². The molecule has 0 radical (unpaired) electrons. The molecule has 23 heavy (non-hydrogen) atoms. The molecular formula is C19H23ClFNO. The van der Waals surface area contributed by atoms with Crippen molar-refractivity contribution in [3.05, 3.63) is 70.0 Å². The zero-order valence-electron chi connectivity index (χ0n) is 13.6. The molecule has 1 aliphatic rings. The van der Waals surface area contributed by atoms with Gasteiger partial charge in [-0.15, -0.1) is 0 Å². The summed E-state index contributed by atoms with van der Waals surface area (Å²) in [6.45, 7) is 5.04. The molecule has 2 nitrogen and oxygen atoms in total. The van der Waals surface area contributed by atoms with Crippen LogP contribution in [0, 0.1) is 19.7 Å². The molecule has 2 aromatic rings. The topological polar surface area (TPSA) is 42.2 Å². The Hall–Kier alpha value is -1.42. The molecule has 0 bridgehead atoms. The third-order valence-corrected chi connectivity index (χ3v) is 4.39. The molecule has 0 spiro atoms. The van der Waals surface area contributed by atoms with Gasteiger partial charge in [0.1, 0.15) is 5.82 Å². The molecule has 0 saturated carbocycles. The maximum Gasteiger partial charge on any atom is 0.123 e. The number of hydrogen-bond donors (Lipinski definition) is 2. The van der Waals surface area contributed by atoms with Crippen LogP contribution < -0.4 is 5.32 Å². The first-order valence-corrected chi connectivity index (χ1v) is 8.15. The second kappa shape index (κ2) is 7.91. The number of hydrogen-bond acceptors (Lipinski definition) is 2. The molecule has 2 aromatic carbocycles. The molecule has 2 N–H and O–H groups in total. The van der Waals surface area contributed by atoms with Crippen molar-refractivity contribution in [2.45, 2.75) is 32.2 Å². The minimum Gasteiger partial charge on any atom is -0.394 e. The van der Waals surface area contributed by atoms with Gasteiger partial charge in [-0.1, -0.05) is 35.9 Å². The van der Waals surface area contributed by atoms with Crippen LogP contribution in [0.5, 0.6) is 0 Å². The Labute approximate surface area is 142 Å². The summed E-state index contributed by atoms with van der Waals surface area (Å²) in [7, 11) is 0. The van der Waals surface area contributed by atoms with Gasteiger partial charge < -0.3 is 10.4 Å². The fraction of sp³-hybridized carbons (Fsp3) is 0.368. The molecule has 0 aromatic heterocycles. The van der Waals surface area contributed by atoms with Crippen LogP contribution in [-0.4, -0.2) is 23.8 Å². The van der Waals surface area contributed by atoms with Gasteiger partial charge in [0.2, 0.25) is 0 Å². The molecular weight excluding hydrogens is 313 g/mol. The monoisotopic (exact) mass is 335 g/mol. The highest BCUT2D eigenvalue weighted by Crippen LogP contribution is 2.26. The number of rotatable bonds is 4. The molecule has 1 saturated heterocycles. The third kappa shape index (κ3) is 5.61. The Morgan fingerprint density at radius 1 is 1.17 bits per heavy atom. The normalized spacial score (nSPS) is 19.0. The molecule has 4 heteroatoms.